The first-order chi connectivity index (χ1) is 19.9. The summed E-state index contributed by atoms with van der Waals surface area (Å²) in [5.74, 6) is 2.41. The lowest BCUT2D eigenvalue weighted by Gasteiger charge is -2.59. The molecule has 0 amide bonds. The number of amidine groups is 1. The van der Waals surface area contributed by atoms with Crippen LogP contribution in [0.2, 0.25) is 0 Å². The zero-order valence-corrected chi connectivity index (χ0v) is 24.4. The highest BCUT2D eigenvalue weighted by atomic mass is 32.2. The van der Waals surface area contributed by atoms with Crippen LogP contribution in [0.3, 0.4) is 0 Å². The van der Waals surface area contributed by atoms with Crippen LogP contribution < -0.4 is 19.5 Å². The van der Waals surface area contributed by atoms with Gasteiger partial charge in [0.1, 0.15) is 11.5 Å². The lowest BCUT2D eigenvalue weighted by molar-refractivity contribution is -0.127. The molecule has 6 rings (SSSR count). The van der Waals surface area contributed by atoms with Crippen molar-refractivity contribution >= 4 is 16.9 Å². The van der Waals surface area contributed by atoms with Gasteiger partial charge in [0.25, 0.3) is 0 Å². The standard InChI is InChI=1S/C33H36N2O5S/c1-5-16-41-32-34-29(21-8-12-23(39-4)13-9-21)26-18-19(2)17-25-28(20-6-10-22(38-3)11-7-20)24-14-15-27(36)30(37)31(24)40-33(25,26)35-32/h5-15,19,25-26,28-29,36-37H,1,16-18H2,2-4H3,(H,34,35)/t19-,25+,26-,28-,29+,33+/m0/s1. The van der Waals surface area contributed by atoms with Crippen LogP contribution in [-0.4, -0.2) is 41.1 Å². The van der Waals surface area contributed by atoms with Gasteiger partial charge in [-0.25, -0.2) is 0 Å². The van der Waals surface area contributed by atoms with Crippen LogP contribution >= 0.6 is 11.8 Å². The van der Waals surface area contributed by atoms with E-state index in [-0.39, 0.29) is 35.3 Å². The number of thioether (sulfide) groups is 1. The van der Waals surface area contributed by atoms with Gasteiger partial charge in [0.15, 0.2) is 22.4 Å². The van der Waals surface area contributed by atoms with E-state index in [2.05, 4.69) is 43.1 Å². The quantitative estimate of drug-likeness (QED) is 0.226. The summed E-state index contributed by atoms with van der Waals surface area (Å²) in [5.41, 5.74) is 2.16. The highest BCUT2D eigenvalue weighted by molar-refractivity contribution is 8.13. The zero-order valence-electron chi connectivity index (χ0n) is 23.5. The van der Waals surface area contributed by atoms with E-state index in [1.54, 1.807) is 32.0 Å². The van der Waals surface area contributed by atoms with Crippen molar-refractivity contribution in [1.29, 1.82) is 0 Å². The second-order valence-electron chi connectivity index (χ2n) is 11.2. The van der Waals surface area contributed by atoms with Crippen molar-refractivity contribution in [3.8, 4) is 28.7 Å². The van der Waals surface area contributed by atoms with Crippen molar-refractivity contribution in [2.45, 2.75) is 37.5 Å². The van der Waals surface area contributed by atoms with Gasteiger partial charge in [0, 0.05) is 29.1 Å². The van der Waals surface area contributed by atoms with Crippen molar-refractivity contribution in [1.82, 2.24) is 5.32 Å². The van der Waals surface area contributed by atoms with Crippen molar-refractivity contribution < 1.29 is 24.4 Å². The molecule has 1 aliphatic carbocycles. The summed E-state index contributed by atoms with van der Waals surface area (Å²) < 4.78 is 17.9. The maximum absolute atomic E-state index is 11.2. The van der Waals surface area contributed by atoms with Crippen molar-refractivity contribution in [2.75, 3.05) is 20.0 Å². The van der Waals surface area contributed by atoms with Gasteiger partial charge < -0.3 is 29.7 Å². The summed E-state index contributed by atoms with van der Waals surface area (Å²) in [5, 5.41) is 26.3. The number of nitrogens with zero attached hydrogens (tertiary/aromatic N) is 1. The molecule has 2 heterocycles. The van der Waals surface area contributed by atoms with Crippen LogP contribution in [0.15, 0.2) is 78.3 Å². The molecule has 7 nitrogen and oxygen atoms in total. The van der Waals surface area contributed by atoms with Gasteiger partial charge in [-0.1, -0.05) is 55.1 Å². The lowest BCUT2D eigenvalue weighted by atomic mass is 9.58. The molecule has 0 unspecified atom stereocenters. The van der Waals surface area contributed by atoms with Crippen LogP contribution in [0.1, 0.15) is 48.4 Å². The van der Waals surface area contributed by atoms with Gasteiger partial charge >= 0.3 is 0 Å². The number of phenols is 2. The van der Waals surface area contributed by atoms with Crippen LogP contribution in [0.25, 0.3) is 0 Å². The van der Waals surface area contributed by atoms with E-state index in [1.165, 1.54) is 0 Å². The largest absolute Gasteiger partial charge is 0.504 e. The first-order valence-electron chi connectivity index (χ1n) is 14.0. The molecule has 1 spiro atoms. The number of rotatable bonds is 6. The molecular formula is C33H36N2O5S. The van der Waals surface area contributed by atoms with E-state index in [1.807, 2.05) is 36.4 Å². The predicted octanol–water partition coefficient (Wildman–Crippen LogP) is 6.62. The monoisotopic (exact) mass is 572 g/mol. The van der Waals surface area contributed by atoms with Gasteiger partial charge in [0.05, 0.1) is 20.3 Å². The summed E-state index contributed by atoms with van der Waals surface area (Å²) >= 11 is 1.59. The Labute approximate surface area is 245 Å². The van der Waals surface area contributed by atoms with E-state index in [0.717, 1.165) is 46.2 Å². The second kappa shape index (κ2) is 10.9. The number of nitrogens with one attached hydrogen (secondary N) is 1. The first-order valence-corrected chi connectivity index (χ1v) is 15.0. The van der Waals surface area contributed by atoms with E-state index in [0.29, 0.717) is 17.4 Å². The summed E-state index contributed by atoms with van der Waals surface area (Å²) in [6.07, 6.45) is 3.66. The van der Waals surface area contributed by atoms with Crippen molar-refractivity contribution in [3.05, 3.63) is 90.0 Å². The summed E-state index contributed by atoms with van der Waals surface area (Å²) in [6.45, 7) is 6.21. The van der Waals surface area contributed by atoms with E-state index in [9.17, 15) is 10.2 Å². The molecule has 2 aliphatic heterocycles. The van der Waals surface area contributed by atoms with Crippen LogP contribution in [0.4, 0.5) is 0 Å². The van der Waals surface area contributed by atoms with Gasteiger partial charge in [-0.15, -0.1) is 6.58 Å². The smallest absolute Gasteiger partial charge is 0.200 e. The van der Waals surface area contributed by atoms with Gasteiger partial charge in [-0.3, -0.25) is 4.99 Å². The highest BCUT2D eigenvalue weighted by Crippen LogP contribution is 2.61. The number of hydrogen-bond acceptors (Lipinski definition) is 8. The topological polar surface area (TPSA) is 92.5 Å². The third kappa shape index (κ3) is 4.68. The summed E-state index contributed by atoms with van der Waals surface area (Å²) in [4.78, 5) is 5.24. The normalized spacial score (nSPS) is 28.1. The number of phenolic OH excluding ortho intramolecular Hbond substituents is 2. The highest BCUT2D eigenvalue weighted by Gasteiger charge is 2.62. The Morgan fingerprint density at radius 1 is 0.976 bits per heavy atom. The maximum atomic E-state index is 11.2. The molecule has 8 heteroatoms. The lowest BCUT2D eigenvalue weighted by Crippen LogP contribution is -2.70. The second-order valence-corrected chi connectivity index (χ2v) is 12.2. The SMILES string of the molecule is C=CCSC1=N[C@H](c2ccc(OC)cc2)[C@@H]2C[C@@H](C)C[C@@H]3[C@@H](c4ccc(OC)cc4)c4ccc(O)c(O)c4O[C@]32N1. The molecule has 0 bridgehead atoms. The fourth-order valence-corrected chi connectivity index (χ4v) is 7.67. The molecule has 3 N–H and O–H groups in total. The molecule has 0 aromatic heterocycles. The zero-order chi connectivity index (χ0) is 28.7. The summed E-state index contributed by atoms with van der Waals surface area (Å²) in [7, 11) is 3.33. The van der Waals surface area contributed by atoms with Gasteiger partial charge in [-0.2, -0.15) is 0 Å². The fourth-order valence-electron chi connectivity index (χ4n) is 6.97. The molecule has 41 heavy (non-hydrogen) atoms. The molecule has 1 saturated carbocycles. The maximum Gasteiger partial charge on any atom is 0.200 e. The third-order valence-electron chi connectivity index (χ3n) is 8.77. The molecular weight excluding hydrogens is 536 g/mol. The molecule has 1 fully saturated rings. The minimum atomic E-state index is -0.884. The van der Waals surface area contributed by atoms with E-state index in [4.69, 9.17) is 19.2 Å². The van der Waals surface area contributed by atoms with Gasteiger partial charge in [0.2, 0.25) is 5.75 Å². The predicted molar refractivity (Wildman–Crippen MR) is 162 cm³/mol. The minimum absolute atomic E-state index is 0.0108. The number of aromatic hydroxyl groups is 2. The first kappa shape index (κ1) is 27.4. The van der Waals surface area contributed by atoms with Gasteiger partial charge in [-0.05, 0) is 60.2 Å². The molecule has 214 valence electrons. The molecule has 6 atom stereocenters. The number of hydrogen-bond donors (Lipinski definition) is 3. The average molecular weight is 573 g/mol. The molecule has 3 aliphatic rings. The van der Waals surface area contributed by atoms with E-state index < -0.39 is 5.72 Å². The molecule has 3 aromatic rings. The van der Waals surface area contributed by atoms with E-state index >= 15 is 0 Å². The fraction of sp³-hybridized carbons (Fsp3) is 0.364. The Balaban J connectivity index is 1.56. The summed E-state index contributed by atoms with van der Waals surface area (Å²) in [6, 6.07) is 19.5. The van der Waals surface area contributed by atoms with Crippen LogP contribution in [0, 0.1) is 17.8 Å². The Morgan fingerprint density at radius 2 is 1.61 bits per heavy atom. The van der Waals surface area contributed by atoms with Crippen LogP contribution in [-0.2, 0) is 0 Å². The molecule has 0 saturated heterocycles. The Hall–Kier alpha value is -3.78. The Bertz CT molecular complexity index is 1460. The minimum Gasteiger partial charge on any atom is -0.504 e. The van der Waals surface area contributed by atoms with Crippen molar-refractivity contribution in [2.24, 2.45) is 22.7 Å². The number of aliphatic imine (C=N–C) groups is 1. The van der Waals surface area contributed by atoms with Crippen molar-refractivity contribution in [3.63, 3.8) is 0 Å². The third-order valence-corrected chi connectivity index (χ3v) is 9.66. The molecule has 0 radical (unpaired) electrons. The number of fused-ring (bicyclic) bond motifs is 1. The average Bonchev–Trinajstić information content (AvgIpc) is 3.00. The molecule has 3 aromatic carbocycles. The Kier molecular flexibility index (Phi) is 7.28. The number of methoxy groups -OCH3 is 2. The van der Waals surface area contributed by atoms with Crippen LogP contribution in [0.5, 0.6) is 28.7 Å². The Morgan fingerprint density at radius 3 is 2.24 bits per heavy atom. The number of benzene rings is 3. The number of ether oxygens (including phenoxy) is 3.